The number of anilines is 2. The number of hydrogen-bond donors (Lipinski definition) is 3. The largest absolute Gasteiger partial charge is 0.489 e. The summed E-state index contributed by atoms with van der Waals surface area (Å²) in [4.78, 5) is 40.7. The molecule has 7 nitrogen and oxygen atoms in total. The molecule has 0 fully saturated rings. The van der Waals surface area contributed by atoms with E-state index in [1.807, 2.05) is 98.8 Å². The summed E-state index contributed by atoms with van der Waals surface area (Å²) in [6, 6.07) is 38.5. The molecule has 3 amide bonds. The summed E-state index contributed by atoms with van der Waals surface area (Å²) in [6.07, 6.45) is 2.20. The van der Waals surface area contributed by atoms with Crippen molar-refractivity contribution in [2.24, 2.45) is 0 Å². The molecular weight excluding hydrogens is 654 g/mol. The zero-order chi connectivity index (χ0) is 34.6. The second kappa shape index (κ2) is 17.2. The molecule has 3 N–H and O–H groups in total. The molecule has 0 aromatic heterocycles. The number of carbonyl (C=O) groups excluding carboxylic acids is 3. The van der Waals surface area contributed by atoms with Gasteiger partial charge in [0, 0.05) is 26.9 Å². The van der Waals surface area contributed by atoms with Crippen LogP contribution >= 0.6 is 23.4 Å². The predicted octanol–water partition coefficient (Wildman–Crippen LogP) is 9.15. The third kappa shape index (κ3) is 10.3. The maximum absolute atomic E-state index is 13.7. The van der Waals surface area contributed by atoms with Crippen LogP contribution in [0.15, 0.2) is 138 Å². The molecule has 0 aliphatic rings. The van der Waals surface area contributed by atoms with Crippen molar-refractivity contribution in [1.29, 1.82) is 0 Å². The van der Waals surface area contributed by atoms with Gasteiger partial charge in [-0.25, -0.2) is 0 Å². The topological polar surface area (TPSA) is 96.5 Å². The molecule has 5 aromatic carbocycles. The van der Waals surface area contributed by atoms with Crippen LogP contribution in [0.1, 0.15) is 40.4 Å². The summed E-state index contributed by atoms with van der Waals surface area (Å²) in [6.45, 7) is 4.28. The maximum Gasteiger partial charge on any atom is 0.272 e. The lowest BCUT2D eigenvalue weighted by atomic mass is 10.1. The van der Waals surface area contributed by atoms with E-state index >= 15 is 0 Å². The van der Waals surface area contributed by atoms with E-state index in [2.05, 4.69) is 16.0 Å². The molecule has 0 saturated carbocycles. The van der Waals surface area contributed by atoms with Gasteiger partial charge in [-0.1, -0.05) is 91.3 Å². The van der Waals surface area contributed by atoms with Gasteiger partial charge in [0.1, 0.15) is 18.1 Å². The summed E-state index contributed by atoms with van der Waals surface area (Å²) < 4.78 is 5.90. The van der Waals surface area contributed by atoms with Crippen LogP contribution in [-0.2, 0) is 16.2 Å². The van der Waals surface area contributed by atoms with E-state index in [0.29, 0.717) is 46.3 Å². The van der Waals surface area contributed by atoms with Crippen molar-refractivity contribution in [3.63, 3.8) is 0 Å². The molecule has 1 atom stereocenters. The monoisotopic (exact) mass is 689 g/mol. The van der Waals surface area contributed by atoms with Crippen molar-refractivity contribution in [3.8, 4) is 5.75 Å². The fourth-order valence-electron chi connectivity index (χ4n) is 4.74. The highest BCUT2D eigenvalue weighted by atomic mass is 35.5. The number of amides is 3. The quantitative estimate of drug-likeness (QED) is 0.0846. The van der Waals surface area contributed by atoms with E-state index in [9.17, 15) is 14.4 Å². The van der Waals surface area contributed by atoms with Crippen LogP contribution in [0, 0.1) is 6.92 Å². The van der Waals surface area contributed by atoms with Gasteiger partial charge >= 0.3 is 0 Å². The average Bonchev–Trinajstić information content (AvgIpc) is 3.12. The Kier molecular flexibility index (Phi) is 12.3. The van der Waals surface area contributed by atoms with Crippen molar-refractivity contribution in [2.75, 3.05) is 10.6 Å². The molecule has 49 heavy (non-hydrogen) atoms. The van der Waals surface area contributed by atoms with Crippen LogP contribution in [0.2, 0.25) is 5.02 Å². The molecule has 0 aliphatic carbocycles. The standard InChI is InChI=1S/C40H36ClN3O4S/c1-3-37(40(47)43-32-20-17-27(2)35(41)25-32)49-34-16-10-15-31(24-34)42-39(46)36(44-38(45)30-13-8-5-9-14-30)23-28-18-21-33(22-19-28)48-26-29-11-6-4-7-12-29/h4-25,37H,3,26H2,1-2H3,(H,42,46)(H,43,47)(H,44,45)/b36-23+. The van der Waals surface area contributed by atoms with Gasteiger partial charge in [0.15, 0.2) is 0 Å². The highest BCUT2D eigenvalue weighted by Gasteiger charge is 2.20. The second-order valence-corrected chi connectivity index (χ2v) is 12.9. The number of rotatable bonds is 13. The Labute approximate surface area is 295 Å². The van der Waals surface area contributed by atoms with Crippen molar-refractivity contribution in [3.05, 3.63) is 160 Å². The Morgan fingerprint density at radius 1 is 0.796 bits per heavy atom. The fourth-order valence-corrected chi connectivity index (χ4v) is 5.93. The Morgan fingerprint density at radius 2 is 1.49 bits per heavy atom. The van der Waals surface area contributed by atoms with Gasteiger partial charge in [-0.2, -0.15) is 0 Å². The van der Waals surface area contributed by atoms with Gasteiger partial charge in [-0.15, -0.1) is 11.8 Å². The third-order valence-corrected chi connectivity index (χ3v) is 9.21. The molecule has 9 heteroatoms. The number of thioether (sulfide) groups is 1. The van der Waals surface area contributed by atoms with Crippen LogP contribution < -0.4 is 20.7 Å². The summed E-state index contributed by atoms with van der Waals surface area (Å²) in [5.41, 5.74) is 4.30. The molecule has 0 saturated heterocycles. The first-order valence-corrected chi connectivity index (χ1v) is 17.0. The van der Waals surface area contributed by atoms with E-state index in [1.54, 1.807) is 48.5 Å². The molecule has 248 valence electrons. The van der Waals surface area contributed by atoms with Gasteiger partial charge in [0.2, 0.25) is 5.91 Å². The number of nitrogens with one attached hydrogen (secondary N) is 3. The van der Waals surface area contributed by atoms with Crippen molar-refractivity contribution in [2.45, 2.75) is 37.0 Å². The van der Waals surface area contributed by atoms with E-state index in [4.69, 9.17) is 16.3 Å². The Bertz CT molecular complexity index is 1930. The first kappa shape index (κ1) is 35.0. The normalized spacial score (nSPS) is 11.7. The lowest BCUT2D eigenvalue weighted by molar-refractivity contribution is -0.116. The summed E-state index contributed by atoms with van der Waals surface area (Å²) >= 11 is 7.63. The second-order valence-electron chi connectivity index (χ2n) is 11.2. The summed E-state index contributed by atoms with van der Waals surface area (Å²) in [7, 11) is 0. The van der Waals surface area contributed by atoms with Gasteiger partial charge in [0.05, 0.1) is 5.25 Å². The highest BCUT2D eigenvalue weighted by Crippen LogP contribution is 2.29. The highest BCUT2D eigenvalue weighted by molar-refractivity contribution is 8.00. The number of halogens is 1. The number of ether oxygens (including phenoxy) is 1. The lowest BCUT2D eigenvalue weighted by Crippen LogP contribution is -2.30. The molecule has 0 spiro atoms. The molecule has 0 bridgehead atoms. The predicted molar refractivity (Wildman–Crippen MR) is 199 cm³/mol. The minimum absolute atomic E-state index is 0.0624. The van der Waals surface area contributed by atoms with Crippen LogP contribution in [-0.4, -0.2) is 23.0 Å². The van der Waals surface area contributed by atoms with Crippen LogP contribution in [0.5, 0.6) is 5.75 Å². The summed E-state index contributed by atoms with van der Waals surface area (Å²) in [5.74, 6) is -0.388. The number of aryl methyl sites for hydroxylation is 1. The molecular formula is C40H36ClN3O4S. The number of carbonyl (C=O) groups is 3. The first-order chi connectivity index (χ1) is 23.8. The SMILES string of the molecule is CCC(Sc1cccc(NC(=O)/C(=C\c2ccc(OCc3ccccc3)cc2)NC(=O)c2ccccc2)c1)C(=O)Nc1ccc(C)c(Cl)c1. The van der Waals surface area contributed by atoms with E-state index in [0.717, 1.165) is 16.0 Å². The number of hydrogen-bond acceptors (Lipinski definition) is 5. The average molecular weight is 690 g/mol. The van der Waals surface area contributed by atoms with Gasteiger partial charge in [0.25, 0.3) is 11.8 Å². The number of benzene rings is 5. The Balaban J connectivity index is 1.29. The van der Waals surface area contributed by atoms with Crippen molar-refractivity contribution < 1.29 is 19.1 Å². The van der Waals surface area contributed by atoms with Crippen molar-refractivity contribution >= 4 is 58.5 Å². The molecule has 1 unspecified atom stereocenters. The van der Waals surface area contributed by atoms with Gasteiger partial charge in [-0.3, -0.25) is 14.4 Å². The molecule has 5 aromatic rings. The zero-order valence-electron chi connectivity index (χ0n) is 27.1. The maximum atomic E-state index is 13.7. The lowest BCUT2D eigenvalue weighted by Gasteiger charge is -2.16. The zero-order valence-corrected chi connectivity index (χ0v) is 28.7. The van der Waals surface area contributed by atoms with Crippen LogP contribution in [0.25, 0.3) is 6.08 Å². The minimum atomic E-state index is -0.503. The van der Waals surface area contributed by atoms with E-state index < -0.39 is 11.8 Å². The molecule has 0 aliphatic heterocycles. The Hall–Kier alpha value is -5.31. The Morgan fingerprint density at radius 3 is 2.18 bits per heavy atom. The fraction of sp³-hybridized carbons (Fsp3) is 0.125. The smallest absolute Gasteiger partial charge is 0.272 e. The van der Waals surface area contributed by atoms with E-state index in [-0.39, 0.29) is 16.9 Å². The van der Waals surface area contributed by atoms with E-state index in [1.165, 1.54) is 11.8 Å². The molecule has 0 radical (unpaired) electrons. The van der Waals surface area contributed by atoms with Crippen LogP contribution in [0.4, 0.5) is 11.4 Å². The van der Waals surface area contributed by atoms with Crippen molar-refractivity contribution in [1.82, 2.24) is 5.32 Å². The van der Waals surface area contributed by atoms with Crippen LogP contribution in [0.3, 0.4) is 0 Å². The van der Waals surface area contributed by atoms with Gasteiger partial charge < -0.3 is 20.7 Å². The molecule has 5 rings (SSSR count). The first-order valence-electron chi connectivity index (χ1n) is 15.8. The van der Waals surface area contributed by atoms with Gasteiger partial charge in [-0.05, 0) is 90.7 Å². The molecule has 0 heterocycles. The third-order valence-electron chi connectivity index (χ3n) is 7.44. The summed E-state index contributed by atoms with van der Waals surface area (Å²) in [5, 5.41) is 8.83. The minimum Gasteiger partial charge on any atom is -0.489 e.